The van der Waals surface area contributed by atoms with E-state index in [1.807, 2.05) is 0 Å². The van der Waals surface area contributed by atoms with Gasteiger partial charge in [0.15, 0.2) is 3.93 Å². The topological polar surface area (TPSA) is 0 Å². The van der Waals surface area contributed by atoms with E-state index in [1.54, 1.807) is 0 Å². The zero-order valence-corrected chi connectivity index (χ0v) is 16.3. The van der Waals surface area contributed by atoms with Crippen LogP contribution in [0.4, 0.5) is 17.3 Å². The molecule has 0 saturated carbocycles. The Labute approximate surface area is 157 Å². The summed E-state index contributed by atoms with van der Waals surface area (Å²) in [6.45, 7) is 4.42. The van der Waals surface area contributed by atoms with Crippen molar-refractivity contribution >= 4 is 7.25 Å². The Kier molecular flexibility index (Phi) is 9.65. The molecule has 0 aliphatic heterocycles. The minimum Gasteiger partial charge on any atom is -0.418 e. The van der Waals surface area contributed by atoms with Crippen LogP contribution in [0.3, 0.4) is 0 Å². The molecule has 2 aromatic carbocycles. The van der Waals surface area contributed by atoms with Crippen LogP contribution in [0.15, 0.2) is 54.6 Å². The number of aryl methyl sites for hydroxylation is 1. The van der Waals surface area contributed by atoms with E-state index in [0.29, 0.717) is 5.92 Å². The van der Waals surface area contributed by atoms with Crippen molar-refractivity contribution < 1.29 is 38.5 Å². The van der Waals surface area contributed by atoms with Gasteiger partial charge in [0.1, 0.15) is 0 Å². The Morgan fingerprint density at radius 1 is 0.960 bits per heavy atom. The predicted octanol–water partition coefficient (Wildman–Crippen LogP) is 3.10. The number of hydrogen-bond acceptors (Lipinski definition) is 0. The summed E-state index contributed by atoms with van der Waals surface area (Å²) in [7, 11) is -6.00. The first kappa shape index (κ1) is 21.6. The molecule has 25 heavy (non-hydrogen) atoms. The van der Waals surface area contributed by atoms with Crippen LogP contribution in [0.25, 0.3) is 0 Å². The first-order valence-corrected chi connectivity index (χ1v) is 10.0. The van der Waals surface area contributed by atoms with Gasteiger partial charge in [-0.25, -0.2) is 0 Å². The Bertz CT molecular complexity index is 667. The third-order valence-corrected chi connectivity index (χ3v) is 5.30. The van der Waals surface area contributed by atoms with Gasteiger partial charge in [-0.1, -0.05) is 55.0 Å². The highest BCUT2D eigenvalue weighted by molar-refractivity contribution is 6.50. The van der Waals surface area contributed by atoms with Crippen molar-refractivity contribution in [3.8, 4) is 9.85 Å². The molecule has 2 rings (SSSR count). The van der Waals surface area contributed by atoms with Gasteiger partial charge in [0.05, 0.1) is 0 Å². The molecule has 0 heterocycles. The van der Waals surface area contributed by atoms with E-state index in [4.69, 9.17) is 0 Å². The fraction of sp³-hybridized carbons (Fsp3) is 0.263. The largest absolute Gasteiger partial charge is 0.673 e. The molecular weight excluding hydrogens is 442 g/mol. The van der Waals surface area contributed by atoms with Crippen molar-refractivity contribution in [3.05, 3.63) is 69.3 Å². The molecular formula is C19H20BF4I. The van der Waals surface area contributed by atoms with Gasteiger partial charge in [-0.3, -0.25) is 0 Å². The SMILES string of the molecule is Cc1ccc([C@H](C)CCC#C[I+]c2ccccc2)cc1.F[B-](F)(F)F. The molecule has 0 amide bonds. The van der Waals surface area contributed by atoms with Gasteiger partial charge in [0.25, 0.3) is 0 Å². The molecule has 0 spiro atoms. The maximum atomic E-state index is 9.75. The van der Waals surface area contributed by atoms with Crippen LogP contribution >= 0.6 is 0 Å². The van der Waals surface area contributed by atoms with E-state index in [-0.39, 0.29) is 21.2 Å². The Morgan fingerprint density at radius 3 is 2.08 bits per heavy atom. The molecule has 0 unspecified atom stereocenters. The molecule has 0 bridgehead atoms. The average Bonchev–Trinajstić information content (AvgIpc) is 2.54. The van der Waals surface area contributed by atoms with Crippen molar-refractivity contribution in [2.24, 2.45) is 0 Å². The lowest BCUT2D eigenvalue weighted by Crippen LogP contribution is -3.59. The maximum absolute atomic E-state index is 9.75. The van der Waals surface area contributed by atoms with Gasteiger partial charge in [0, 0.05) is 6.42 Å². The van der Waals surface area contributed by atoms with Crippen LogP contribution in [0, 0.1) is 20.3 Å². The number of benzene rings is 2. The van der Waals surface area contributed by atoms with Crippen LogP contribution in [-0.4, -0.2) is 7.25 Å². The van der Waals surface area contributed by atoms with Crippen molar-refractivity contribution in [3.63, 3.8) is 0 Å². The van der Waals surface area contributed by atoms with Crippen molar-refractivity contribution in [2.45, 2.75) is 32.6 Å². The summed E-state index contributed by atoms with van der Waals surface area (Å²) in [5, 5.41) is 0. The van der Waals surface area contributed by atoms with E-state index >= 15 is 0 Å². The van der Waals surface area contributed by atoms with Crippen LogP contribution in [0.5, 0.6) is 0 Å². The molecule has 1 atom stereocenters. The van der Waals surface area contributed by atoms with Gasteiger partial charge in [-0.15, -0.1) is 0 Å². The minimum atomic E-state index is -6.00. The quantitative estimate of drug-likeness (QED) is 0.284. The summed E-state index contributed by atoms with van der Waals surface area (Å²) in [5.41, 5.74) is 2.75. The molecule has 0 fully saturated rings. The summed E-state index contributed by atoms with van der Waals surface area (Å²) in [6.07, 6.45) is 2.15. The van der Waals surface area contributed by atoms with Gasteiger partial charge < -0.3 is 17.3 Å². The predicted molar refractivity (Wildman–Crippen MR) is 91.9 cm³/mol. The van der Waals surface area contributed by atoms with E-state index in [1.165, 1.54) is 14.7 Å². The van der Waals surface area contributed by atoms with Crippen molar-refractivity contribution in [1.82, 2.24) is 0 Å². The third-order valence-electron chi connectivity index (χ3n) is 3.31. The fourth-order valence-electron chi connectivity index (χ4n) is 1.96. The van der Waals surface area contributed by atoms with Gasteiger partial charge >= 0.3 is 28.5 Å². The van der Waals surface area contributed by atoms with E-state index < -0.39 is 7.25 Å². The first-order chi connectivity index (χ1) is 11.8. The monoisotopic (exact) mass is 462 g/mol. The zero-order valence-electron chi connectivity index (χ0n) is 14.2. The van der Waals surface area contributed by atoms with Gasteiger partial charge in [-0.2, -0.15) is 0 Å². The third kappa shape index (κ3) is 11.7. The summed E-state index contributed by atoms with van der Waals surface area (Å²) in [5.74, 6) is 3.94. The van der Waals surface area contributed by atoms with Crippen LogP contribution < -0.4 is 21.2 Å². The van der Waals surface area contributed by atoms with Crippen LogP contribution in [0.2, 0.25) is 0 Å². The average molecular weight is 462 g/mol. The lowest BCUT2D eigenvalue weighted by Gasteiger charge is -2.09. The van der Waals surface area contributed by atoms with Crippen LogP contribution in [-0.2, 0) is 0 Å². The molecule has 0 saturated heterocycles. The molecule has 2 aromatic rings. The Morgan fingerprint density at radius 2 is 1.52 bits per heavy atom. The molecule has 0 aliphatic carbocycles. The smallest absolute Gasteiger partial charge is 0.418 e. The maximum Gasteiger partial charge on any atom is 0.673 e. The second-order valence-electron chi connectivity index (χ2n) is 5.51. The van der Waals surface area contributed by atoms with Crippen LogP contribution in [0.1, 0.15) is 36.8 Å². The minimum absolute atomic E-state index is 0.126. The van der Waals surface area contributed by atoms with E-state index in [9.17, 15) is 17.3 Å². The number of halogens is 5. The highest BCUT2D eigenvalue weighted by Gasteiger charge is 2.20. The number of hydrogen-bond donors (Lipinski definition) is 0. The Hall–Kier alpha value is -1.49. The lowest BCUT2D eigenvalue weighted by molar-refractivity contribution is -0.535. The van der Waals surface area contributed by atoms with Gasteiger partial charge in [0.2, 0.25) is 3.57 Å². The molecule has 0 aromatic heterocycles. The zero-order chi connectivity index (χ0) is 18.7. The Balaban J connectivity index is 0.000000550. The summed E-state index contributed by atoms with van der Waals surface area (Å²) in [6, 6.07) is 19.5. The lowest BCUT2D eigenvalue weighted by atomic mass is 9.96. The fourth-order valence-corrected chi connectivity index (χ4v) is 3.51. The van der Waals surface area contributed by atoms with E-state index in [2.05, 4.69) is 78.3 Å². The summed E-state index contributed by atoms with van der Waals surface area (Å²) in [4.78, 5) is 0. The summed E-state index contributed by atoms with van der Waals surface area (Å²) >= 11 is -0.126. The van der Waals surface area contributed by atoms with Crippen molar-refractivity contribution in [2.75, 3.05) is 0 Å². The highest BCUT2D eigenvalue weighted by atomic mass is 127. The van der Waals surface area contributed by atoms with Crippen molar-refractivity contribution in [1.29, 1.82) is 0 Å². The molecule has 0 nitrogen and oxygen atoms in total. The molecule has 6 heteroatoms. The second-order valence-corrected chi connectivity index (χ2v) is 7.83. The molecule has 134 valence electrons. The molecule has 0 aliphatic rings. The normalized spacial score (nSPS) is 11.6. The standard InChI is InChI=1S/C19H20I.BF4/c1-16-11-13-18(14-12-16)17(2)8-6-7-15-20-19-9-4-3-5-10-19;2-1(3,4)5/h3-5,9-14,17H,6,8H2,1-2H3;/q+1;-1/t17-;/m1./s1. The molecule has 0 N–H and O–H groups in total. The number of rotatable bonds is 4. The summed E-state index contributed by atoms with van der Waals surface area (Å²) < 4.78 is 43.8. The highest BCUT2D eigenvalue weighted by Crippen LogP contribution is 2.20. The van der Waals surface area contributed by atoms with E-state index in [0.717, 1.165) is 12.8 Å². The molecule has 0 radical (unpaired) electrons. The van der Waals surface area contributed by atoms with Gasteiger partial charge in [-0.05, 0) is 42.9 Å². The first-order valence-electron chi connectivity index (χ1n) is 7.86. The second kappa shape index (κ2) is 11.2.